The van der Waals surface area contributed by atoms with Gasteiger partial charge in [-0.05, 0) is 42.1 Å². The number of carbonyl (C=O) groups is 3. The average molecular weight is 367 g/mol. The van der Waals surface area contributed by atoms with Crippen molar-refractivity contribution in [2.75, 3.05) is 5.32 Å². The van der Waals surface area contributed by atoms with Gasteiger partial charge in [-0.3, -0.25) is 14.4 Å². The lowest BCUT2D eigenvalue weighted by Gasteiger charge is -2.11. The zero-order valence-corrected chi connectivity index (χ0v) is 14.3. The lowest BCUT2D eigenvalue weighted by Crippen LogP contribution is -2.37. The molecule has 0 aliphatic carbocycles. The first kappa shape index (κ1) is 18.1. The van der Waals surface area contributed by atoms with Crippen molar-refractivity contribution < 1.29 is 19.5 Å². The Balaban J connectivity index is 2.25. The number of benzene rings is 1. The van der Waals surface area contributed by atoms with E-state index in [9.17, 15) is 14.4 Å². The number of carboxylic acid groups (broad SMARTS) is 1. The Bertz CT molecular complexity index is 786. The van der Waals surface area contributed by atoms with Gasteiger partial charge in [0.05, 0.1) is 18.0 Å². The van der Waals surface area contributed by atoms with Crippen molar-refractivity contribution in [2.45, 2.75) is 19.4 Å². The number of hydrogen-bond donors (Lipinski definition) is 3. The fraction of sp³-hybridized carbons (Fsp3) is 0.188. The van der Waals surface area contributed by atoms with Gasteiger partial charge in [-0.15, -0.1) is 11.3 Å². The molecule has 4 N–H and O–H groups in total. The Morgan fingerprint density at radius 1 is 1.29 bits per heavy atom. The molecule has 8 heteroatoms. The van der Waals surface area contributed by atoms with Gasteiger partial charge in [-0.1, -0.05) is 11.6 Å². The Kier molecular flexibility index (Phi) is 5.71. The Morgan fingerprint density at radius 3 is 2.50 bits per heavy atom. The van der Waals surface area contributed by atoms with Crippen LogP contribution in [-0.4, -0.2) is 28.8 Å². The number of aryl methyl sites for hydroxylation is 1. The number of aliphatic carboxylic acids is 1. The molecule has 6 nitrogen and oxygen atoms in total. The van der Waals surface area contributed by atoms with Gasteiger partial charge in [0, 0.05) is 10.6 Å². The highest BCUT2D eigenvalue weighted by Gasteiger charge is 2.23. The van der Waals surface area contributed by atoms with Crippen molar-refractivity contribution in [3.05, 3.63) is 51.4 Å². The quantitative estimate of drug-likeness (QED) is 0.681. The van der Waals surface area contributed by atoms with Crippen molar-refractivity contribution in [2.24, 2.45) is 5.73 Å². The molecule has 1 heterocycles. The van der Waals surface area contributed by atoms with Crippen LogP contribution >= 0.6 is 22.9 Å². The molecule has 1 amide bonds. The van der Waals surface area contributed by atoms with Gasteiger partial charge in [-0.2, -0.15) is 0 Å². The van der Waals surface area contributed by atoms with E-state index in [1.54, 1.807) is 36.6 Å². The van der Waals surface area contributed by atoms with E-state index < -0.39 is 24.3 Å². The van der Waals surface area contributed by atoms with Crippen LogP contribution in [0.3, 0.4) is 0 Å². The number of amides is 1. The Labute approximate surface area is 147 Å². The van der Waals surface area contributed by atoms with Crippen molar-refractivity contribution in [1.82, 2.24) is 0 Å². The molecular formula is C16H15ClN2O4S. The SMILES string of the molecule is Cc1csc(NC(=O)[C@@H](N)CC(=O)O)c1C(=O)c1ccc(Cl)cc1. The molecule has 2 aromatic rings. The summed E-state index contributed by atoms with van der Waals surface area (Å²) in [5, 5.41) is 13.8. The molecule has 0 spiro atoms. The number of thiophene rings is 1. The Hall–Kier alpha value is -2.22. The second-order valence-corrected chi connectivity index (χ2v) is 6.47. The molecule has 0 aliphatic heterocycles. The summed E-state index contributed by atoms with van der Waals surface area (Å²) >= 11 is 7.01. The minimum absolute atomic E-state index is 0.257. The molecule has 0 saturated heterocycles. The molecule has 126 valence electrons. The molecule has 1 atom stereocenters. The van der Waals surface area contributed by atoms with E-state index in [0.29, 0.717) is 26.7 Å². The predicted octanol–water partition coefficient (Wildman–Crippen LogP) is 2.68. The summed E-state index contributed by atoms with van der Waals surface area (Å²) in [4.78, 5) is 35.3. The third kappa shape index (κ3) is 4.19. The number of hydrogen-bond acceptors (Lipinski definition) is 5. The fourth-order valence-electron chi connectivity index (χ4n) is 2.05. The predicted molar refractivity (Wildman–Crippen MR) is 92.8 cm³/mol. The van der Waals surface area contributed by atoms with Gasteiger partial charge in [0.1, 0.15) is 5.00 Å². The van der Waals surface area contributed by atoms with Crippen LogP contribution in [0, 0.1) is 6.92 Å². The molecule has 2 rings (SSSR count). The molecule has 0 bridgehead atoms. The number of carbonyl (C=O) groups excluding carboxylic acids is 2. The standard InChI is InChI=1S/C16H15ClN2O4S/c1-8-7-24-16(19-15(23)11(18)6-12(20)21)13(8)14(22)9-2-4-10(17)5-3-9/h2-5,7,11H,6,18H2,1H3,(H,19,23)(H,20,21)/t11-/m0/s1. The molecule has 1 aromatic heterocycles. The highest BCUT2D eigenvalue weighted by atomic mass is 35.5. The lowest BCUT2D eigenvalue weighted by molar-refractivity contribution is -0.138. The van der Waals surface area contributed by atoms with Crippen LogP contribution in [0.1, 0.15) is 27.9 Å². The van der Waals surface area contributed by atoms with Crippen molar-refractivity contribution >= 4 is 45.6 Å². The number of carboxylic acids is 1. The topological polar surface area (TPSA) is 109 Å². The second kappa shape index (κ2) is 7.57. The van der Waals surface area contributed by atoms with Gasteiger partial charge in [0.15, 0.2) is 5.78 Å². The van der Waals surface area contributed by atoms with Crippen LogP contribution in [0.15, 0.2) is 29.6 Å². The van der Waals surface area contributed by atoms with Gasteiger partial charge < -0.3 is 16.2 Å². The van der Waals surface area contributed by atoms with E-state index in [-0.39, 0.29) is 5.78 Å². The first-order valence-corrected chi connectivity index (χ1v) is 8.22. The monoisotopic (exact) mass is 366 g/mol. The average Bonchev–Trinajstić information content (AvgIpc) is 2.87. The van der Waals surface area contributed by atoms with E-state index in [0.717, 1.165) is 0 Å². The summed E-state index contributed by atoms with van der Waals surface area (Å²) in [5.41, 5.74) is 7.04. The highest BCUT2D eigenvalue weighted by Crippen LogP contribution is 2.30. The number of nitrogens with two attached hydrogens (primary N) is 1. The maximum atomic E-state index is 12.7. The van der Waals surface area contributed by atoms with Gasteiger partial charge in [-0.25, -0.2) is 0 Å². The smallest absolute Gasteiger partial charge is 0.305 e. The van der Waals surface area contributed by atoms with Crippen molar-refractivity contribution in [3.8, 4) is 0 Å². The van der Waals surface area contributed by atoms with Crippen LogP contribution in [-0.2, 0) is 9.59 Å². The summed E-state index contributed by atoms with van der Waals surface area (Å²) in [7, 11) is 0. The van der Waals surface area contributed by atoms with Gasteiger partial charge in [0.25, 0.3) is 0 Å². The summed E-state index contributed by atoms with van der Waals surface area (Å²) in [6.45, 7) is 1.76. The molecule has 0 saturated carbocycles. The third-order valence-corrected chi connectivity index (χ3v) is 4.54. The highest BCUT2D eigenvalue weighted by molar-refractivity contribution is 7.15. The number of ketones is 1. The van der Waals surface area contributed by atoms with Crippen LogP contribution in [0.25, 0.3) is 0 Å². The summed E-state index contributed by atoms with van der Waals surface area (Å²) in [6, 6.07) is 5.23. The fourth-order valence-corrected chi connectivity index (χ4v) is 3.12. The van der Waals surface area contributed by atoms with Crippen LogP contribution in [0.5, 0.6) is 0 Å². The molecular weight excluding hydrogens is 352 g/mol. The minimum Gasteiger partial charge on any atom is -0.481 e. The first-order chi connectivity index (χ1) is 11.3. The molecule has 0 fully saturated rings. The molecule has 24 heavy (non-hydrogen) atoms. The zero-order chi connectivity index (χ0) is 17.9. The molecule has 1 aromatic carbocycles. The molecule has 0 radical (unpaired) electrons. The maximum absolute atomic E-state index is 12.7. The van der Waals surface area contributed by atoms with Crippen LogP contribution in [0.4, 0.5) is 5.00 Å². The van der Waals surface area contributed by atoms with Crippen molar-refractivity contribution in [3.63, 3.8) is 0 Å². The molecule has 0 aliphatic rings. The Morgan fingerprint density at radius 2 is 1.92 bits per heavy atom. The number of halogens is 1. The number of rotatable bonds is 6. The van der Waals surface area contributed by atoms with Crippen LogP contribution in [0.2, 0.25) is 5.02 Å². The zero-order valence-electron chi connectivity index (χ0n) is 12.7. The van der Waals surface area contributed by atoms with E-state index in [1.807, 2.05) is 0 Å². The number of anilines is 1. The first-order valence-electron chi connectivity index (χ1n) is 6.96. The van der Waals surface area contributed by atoms with E-state index in [2.05, 4.69) is 5.32 Å². The second-order valence-electron chi connectivity index (χ2n) is 5.15. The normalized spacial score (nSPS) is 11.8. The molecule has 0 unspecified atom stereocenters. The summed E-state index contributed by atoms with van der Waals surface area (Å²) < 4.78 is 0. The van der Waals surface area contributed by atoms with E-state index in [4.69, 9.17) is 22.4 Å². The van der Waals surface area contributed by atoms with E-state index >= 15 is 0 Å². The van der Waals surface area contributed by atoms with Gasteiger partial charge in [0.2, 0.25) is 5.91 Å². The van der Waals surface area contributed by atoms with Gasteiger partial charge >= 0.3 is 5.97 Å². The largest absolute Gasteiger partial charge is 0.481 e. The van der Waals surface area contributed by atoms with Crippen LogP contribution < -0.4 is 11.1 Å². The maximum Gasteiger partial charge on any atom is 0.305 e. The number of nitrogens with one attached hydrogen (secondary N) is 1. The summed E-state index contributed by atoms with van der Waals surface area (Å²) in [5.74, 6) is -2.07. The van der Waals surface area contributed by atoms with Crippen molar-refractivity contribution in [1.29, 1.82) is 0 Å². The summed E-state index contributed by atoms with van der Waals surface area (Å²) in [6.07, 6.45) is -0.489. The van der Waals surface area contributed by atoms with E-state index in [1.165, 1.54) is 11.3 Å². The minimum atomic E-state index is -1.19. The lowest BCUT2D eigenvalue weighted by atomic mass is 10.0. The third-order valence-electron chi connectivity index (χ3n) is 3.28.